The normalized spacial score (nSPS) is 10.8. The van der Waals surface area contributed by atoms with Crippen LogP contribution in [0, 0.1) is 0 Å². The minimum atomic E-state index is -0.222. The van der Waals surface area contributed by atoms with Crippen LogP contribution in [0.4, 0.5) is 0 Å². The molecule has 0 saturated carbocycles. The van der Waals surface area contributed by atoms with Gasteiger partial charge in [-0.2, -0.15) is 0 Å². The molecule has 0 aromatic heterocycles. The van der Waals surface area contributed by atoms with Crippen molar-refractivity contribution in [3.8, 4) is 0 Å². The lowest BCUT2D eigenvalue weighted by atomic mass is 10.2. The molecular formula is C18H21Cl2IN4O. The highest BCUT2D eigenvalue weighted by Crippen LogP contribution is 2.22. The summed E-state index contributed by atoms with van der Waals surface area (Å²) in [4.78, 5) is 16.2. The summed E-state index contributed by atoms with van der Waals surface area (Å²) < 4.78 is 0. The predicted octanol–water partition coefficient (Wildman–Crippen LogP) is 3.49. The summed E-state index contributed by atoms with van der Waals surface area (Å²) in [5.74, 6) is 0.139. The first-order valence-corrected chi connectivity index (χ1v) is 8.63. The van der Waals surface area contributed by atoms with Gasteiger partial charge >= 0.3 is 0 Å². The number of hydrogen-bond acceptors (Lipinski definition) is 2. The number of nitrogens with zero attached hydrogens (tertiary/aromatic N) is 1. The van der Waals surface area contributed by atoms with E-state index in [4.69, 9.17) is 28.9 Å². The Kier molecular flexibility index (Phi) is 10.4. The van der Waals surface area contributed by atoms with Gasteiger partial charge in [0.15, 0.2) is 5.96 Å². The van der Waals surface area contributed by atoms with Crippen molar-refractivity contribution in [3.05, 3.63) is 69.7 Å². The Labute approximate surface area is 180 Å². The maximum atomic E-state index is 12.0. The van der Waals surface area contributed by atoms with E-state index >= 15 is 0 Å². The number of aliphatic imine (C=N–C) groups is 1. The molecule has 2 aromatic rings. The third kappa shape index (κ3) is 7.80. The van der Waals surface area contributed by atoms with E-state index in [-0.39, 0.29) is 29.9 Å². The van der Waals surface area contributed by atoms with Crippen LogP contribution in [-0.2, 0) is 6.42 Å². The topological polar surface area (TPSA) is 79.5 Å². The number of nitrogens with two attached hydrogens (primary N) is 1. The first-order valence-electron chi connectivity index (χ1n) is 7.87. The molecule has 0 unspecified atom stereocenters. The molecular weight excluding hydrogens is 486 g/mol. The van der Waals surface area contributed by atoms with Crippen LogP contribution in [-0.4, -0.2) is 31.5 Å². The monoisotopic (exact) mass is 506 g/mol. The van der Waals surface area contributed by atoms with Crippen molar-refractivity contribution < 1.29 is 4.79 Å². The molecule has 4 N–H and O–H groups in total. The Bertz CT molecular complexity index is 741. The molecule has 5 nitrogen and oxygen atoms in total. The zero-order valence-corrected chi connectivity index (χ0v) is 17.9. The van der Waals surface area contributed by atoms with E-state index in [0.717, 1.165) is 6.42 Å². The van der Waals surface area contributed by atoms with Crippen LogP contribution in [0.3, 0.4) is 0 Å². The van der Waals surface area contributed by atoms with E-state index in [1.54, 1.807) is 12.1 Å². The number of carbonyl (C=O) groups excluding carboxylic acids is 1. The summed E-state index contributed by atoms with van der Waals surface area (Å²) in [6.07, 6.45) is 0.831. The summed E-state index contributed by atoms with van der Waals surface area (Å²) in [5.41, 5.74) is 7.47. The van der Waals surface area contributed by atoms with Crippen molar-refractivity contribution in [1.29, 1.82) is 0 Å². The number of rotatable bonds is 7. The molecule has 0 aliphatic carbocycles. The fraction of sp³-hybridized carbons (Fsp3) is 0.222. The number of hydrogen-bond donors (Lipinski definition) is 3. The largest absolute Gasteiger partial charge is 0.370 e. The second kappa shape index (κ2) is 12.0. The Balaban J connectivity index is 0.00000338. The van der Waals surface area contributed by atoms with E-state index in [9.17, 15) is 4.79 Å². The molecule has 1 amide bonds. The molecule has 140 valence electrons. The minimum absolute atomic E-state index is 0. The Morgan fingerprint density at radius 1 is 1.00 bits per heavy atom. The molecule has 26 heavy (non-hydrogen) atoms. The van der Waals surface area contributed by atoms with Gasteiger partial charge < -0.3 is 16.4 Å². The summed E-state index contributed by atoms with van der Waals surface area (Å²) >= 11 is 11.7. The van der Waals surface area contributed by atoms with Gasteiger partial charge in [-0.05, 0) is 30.2 Å². The van der Waals surface area contributed by atoms with Gasteiger partial charge in [0.05, 0.1) is 10.0 Å². The second-order valence-corrected chi connectivity index (χ2v) is 6.13. The second-order valence-electron chi connectivity index (χ2n) is 5.31. The number of nitrogens with one attached hydrogen (secondary N) is 2. The maximum Gasteiger partial charge on any atom is 0.251 e. The predicted molar refractivity (Wildman–Crippen MR) is 119 cm³/mol. The Morgan fingerprint density at radius 3 is 2.38 bits per heavy atom. The Morgan fingerprint density at radius 2 is 1.69 bits per heavy atom. The van der Waals surface area contributed by atoms with Crippen molar-refractivity contribution in [2.45, 2.75) is 6.42 Å². The minimum Gasteiger partial charge on any atom is -0.370 e. The maximum absolute atomic E-state index is 12.0. The van der Waals surface area contributed by atoms with Crippen LogP contribution in [0.25, 0.3) is 0 Å². The van der Waals surface area contributed by atoms with Crippen LogP contribution in [0.1, 0.15) is 15.9 Å². The van der Waals surface area contributed by atoms with Gasteiger partial charge in [-0.25, -0.2) is 0 Å². The van der Waals surface area contributed by atoms with Gasteiger partial charge in [0.2, 0.25) is 0 Å². The molecule has 0 atom stereocenters. The number of benzene rings is 2. The summed E-state index contributed by atoms with van der Waals surface area (Å²) in [6, 6.07) is 14.8. The molecule has 2 rings (SSSR count). The van der Waals surface area contributed by atoms with Gasteiger partial charge in [0.1, 0.15) is 0 Å². The number of amides is 1. The van der Waals surface area contributed by atoms with Crippen LogP contribution in [0.5, 0.6) is 0 Å². The van der Waals surface area contributed by atoms with Crippen molar-refractivity contribution in [2.75, 3.05) is 19.6 Å². The Hall–Kier alpha value is -1.51. The zero-order chi connectivity index (χ0) is 18.1. The summed E-state index contributed by atoms with van der Waals surface area (Å²) in [5, 5.41) is 6.50. The third-order valence-corrected chi connectivity index (χ3v) is 4.16. The lowest BCUT2D eigenvalue weighted by molar-refractivity contribution is 0.0954. The average molecular weight is 507 g/mol. The summed E-state index contributed by atoms with van der Waals surface area (Å²) in [7, 11) is 0. The van der Waals surface area contributed by atoms with Gasteiger partial charge in [-0.3, -0.25) is 9.79 Å². The van der Waals surface area contributed by atoms with Crippen LogP contribution < -0.4 is 16.4 Å². The first-order chi connectivity index (χ1) is 12.1. The van der Waals surface area contributed by atoms with Crippen molar-refractivity contribution >= 4 is 59.0 Å². The van der Waals surface area contributed by atoms with E-state index in [1.807, 2.05) is 18.2 Å². The van der Waals surface area contributed by atoms with Crippen molar-refractivity contribution in [2.24, 2.45) is 10.7 Å². The molecule has 0 saturated heterocycles. The van der Waals surface area contributed by atoms with E-state index in [2.05, 4.69) is 27.8 Å². The zero-order valence-electron chi connectivity index (χ0n) is 14.0. The lowest BCUT2D eigenvalue weighted by Crippen LogP contribution is -2.38. The van der Waals surface area contributed by atoms with Crippen molar-refractivity contribution in [3.63, 3.8) is 0 Å². The smallest absolute Gasteiger partial charge is 0.251 e. The van der Waals surface area contributed by atoms with E-state index in [0.29, 0.717) is 41.2 Å². The fourth-order valence-corrected chi connectivity index (χ4v) is 2.41. The highest BCUT2D eigenvalue weighted by molar-refractivity contribution is 14.0. The third-order valence-electron chi connectivity index (χ3n) is 3.42. The first kappa shape index (κ1) is 22.5. The molecule has 0 bridgehead atoms. The van der Waals surface area contributed by atoms with Crippen LogP contribution in [0.2, 0.25) is 10.0 Å². The molecule has 0 aliphatic rings. The van der Waals surface area contributed by atoms with Crippen molar-refractivity contribution in [1.82, 2.24) is 10.6 Å². The molecule has 0 spiro atoms. The number of carbonyl (C=O) groups is 1. The molecule has 8 heteroatoms. The molecule has 0 radical (unpaired) electrons. The van der Waals surface area contributed by atoms with Gasteiger partial charge in [0.25, 0.3) is 5.91 Å². The van der Waals surface area contributed by atoms with E-state index in [1.165, 1.54) is 11.6 Å². The van der Waals surface area contributed by atoms with E-state index < -0.39 is 0 Å². The SMILES string of the molecule is I.NC(=NCCc1ccccc1)NCCNC(=O)c1ccc(Cl)c(Cl)c1. The highest BCUT2D eigenvalue weighted by atomic mass is 127. The quantitative estimate of drug-likeness (QED) is 0.233. The number of halogens is 3. The number of guanidine groups is 1. The fourth-order valence-electron chi connectivity index (χ4n) is 2.11. The summed E-state index contributed by atoms with van der Waals surface area (Å²) in [6.45, 7) is 1.50. The average Bonchev–Trinajstić information content (AvgIpc) is 2.62. The molecule has 0 fully saturated rings. The molecule has 2 aromatic carbocycles. The molecule has 0 aliphatic heterocycles. The van der Waals surface area contributed by atoms with Crippen LogP contribution >= 0.6 is 47.2 Å². The standard InChI is InChI=1S/C18H20Cl2N4O.HI/c19-15-7-6-14(12-16(15)20)17(25)22-10-11-24-18(21)23-9-8-13-4-2-1-3-5-13;/h1-7,12H,8-11H2,(H,22,25)(H3,21,23,24);1H. The van der Waals surface area contributed by atoms with Crippen LogP contribution in [0.15, 0.2) is 53.5 Å². The molecule has 0 heterocycles. The lowest BCUT2D eigenvalue weighted by Gasteiger charge is -2.08. The van der Waals surface area contributed by atoms with Gasteiger partial charge in [0, 0.05) is 25.2 Å². The highest BCUT2D eigenvalue weighted by Gasteiger charge is 2.07. The van der Waals surface area contributed by atoms with Gasteiger partial charge in [-0.15, -0.1) is 24.0 Å². The van der Waals surface area contributed by atoms with Gasteiger partial charge in [-0.1, -0.05) is 53.5 Å².